The second-order valence-electron chi connectivity index (χ2n) is 3.81. The van der Waals surface area contributed by atoms with E-state index in [0.717, 1.165) is 6.54 Å². The van der Waals surface area contributed by atoms with Crippen LogP contribution in [0.15, 0.2) is 30.3 Å². The van der Waals surface area contributed by atoms with Crippen molar-refractivity contribution in [3.8, 4) is 0 Å². The highest BCUT2D eigenvalue weighted by Crippen LogP contribution is 2.25. The van der Waals surface area contributed by atoms with Crippen LogP contribution in [0.3, 0.4) is 0 Å². The molecule has 0 fully saturated rings. The molecule has 0 radical (unpaired) electrons. The standard InChI is InChI=1S/C12H20N2/c1-3-10(2)12(9-14-13)11-7-5-4-6-8-11/h4-8,10,12,14H,3,9,13H2,1-2H3/t10-,12+/m0/s1. The third-order valence-electron chi connectivity index (χ3n) is 2.90. The zero-order valence-electron chi connectivity index (χ0n) is 9.03. The third kappa shape index (κ3) is 2.82. The first-order valence-electron chi connectivity index (χ1n) is 5.28. The van der Waals surface area contributed by atoms with E-state index in [1.807, 2.05) is 6.07 Å². The molecular formula is C12H20N2. The van der Waals surface area contributed by atoms with Crippen LogP contribution in [-0.4, -0.2) is 6.54 Å². The molecule has 2 heteroatoms. The van der Waals surface area contributed by atoms with E-state index in [1.54, 1.807) is 0 Å². The Morgan fingerprint density at radius 3 is 2.43 bits per heavy atom. The Morgan fingerprint density at radius 2 is 1.93 bits per heavy atom. The number of nitrogens with two attached hydrogens (primary N) is 1. The molecule has 0 saturated carbocycles. The Bertz CT molecular complexity index is 246. The Kier molecular flexibility index (Phi) is 4.63. The topological polar surface area (TPSA) is 38.0 Å². The predicted molar refractivity (Wildman–Crippen MR) is 60.8 cm³/mol. The van der Waals surface area contributed by atoms with Crippen molar-refractivity contribution in [1.82, 2.24) is 5.43 Å². The average molecular weight is 192 g/mol. The summed E-state index contributed by atoms with van der Waals surface area (Å²) < 4.78 is 0. The Labute approximate surface area is 86.5 Å². The van der Waals surface area contributed by atoms with Gasteiger partial charge in [-0.05, 0) is 11.5 Å². The molecule has 0 bridgehead atoms. The van der Waals surface area contributed by atoms with Gasteiger partial charge in [0.25, 0.3) is 0 Å². The highest BCUT2D eigenvalue weighted by atomic mass is 15.2. The molecule has 3 N–H and O–H groups in total. The number of hydrogen-bond acceptors (Lipinski definition) is 2. The summed E-state index contributed by atoms with van der Waals surface area (Å²) in [6.45, 7) is 5.34. The van der Waals surface area contributed by atoms with E-state index in [0.29, 0.717) is 11.8 Å². The van der Waals surface area contributed by atoms with Crippen molar-refractivity contribution >= 4 is 0 Å². The van der Waals surface area contributed by atoms with Crippen LogP contribution in [0.1, 0.15) is 31.7 Å². The van der Waals surface area contributed by atoms with E-state index < -0.39 is 0 Å². The molecule has 0 saturated heterocycles. The number of hydrogen-bond donors (Lipinski definition) is 2. The van der Waals surface area contributed by atoms with Crippen LogP contribution in [0.5, 0.6) is 0 Å². The lowest BCUT2D eigenvalue weighted by atomic mass is 9.86. The molecule has 1 rings (SSSR count). The molecule has 0 heterocycles. The van der Waals surface area contributed by atoms with Gasteiger partial charge in [0.05, 0.1) is 0 Å². The second kappa shape index (κ2) is 5.78. The molecule has 0 aliphatic heterocycles. The summed E-state index contributed by atoms with van der Waals surface area (Å²) in [5, 5.41) is 0. The minimum Gasteiger partial charge on any atom is -0.271 e. The second-order valence-corrected chi connectivity index (χ2v) is 3.81. The highest BCUT2D eigenvalue weighted by molar-refractivity contribution is 5.20. The first-order chi connectivity index (χ1) is 6.79. The summed E-state index contributed by atoms with van der Waals surface area (Å²) in [4.78, 5) is 0. The SMILES string of the molecule is CC[C@H](C)[C@@H](CNN)c1ccccc1. The Hall–Kier alpha value is -0.860. The fourth-order valence-electron chi connectivity index (χ4n) is 1.76. The highest BCUT2D eigenvalue weighted by Gasteiger charge is 2.16. The van der Waals surface area contributed by atoms with E-state index in [4.69, 9.17) is 5.84 Å². The number of rotatable bonds is 5. The van der Waals surface area contributed by atoms with Crippen molar-refractivity contribution in [2.75, 3.05) is 6.54 Å². The smallest absolute Gasteiger partial charge is 0.0169 e. The molecule has 0 unspecified atom stereocenters. The molecule has 78 valence electrons. The van der Waals surface area contributed by atoms with Gasteiger partial charge < -0.3 is 0 Å². The van der Waals surface area contributed by atoms with Gasteiger partial charge in [-0.1, -0.05) is 50.6 Å². The van der Waals surface area contributed by atoms with E-state index in [-0.39, 0.29) is 0 Å². The molecule has 0 amide bonds. The Balaban J connectivity index is 2.77. The van der Waals surface area contributed by atoms with Crippen LogP contribution >= 0.6 is 0 Å². The molecule has 2 nitrogen and oxygen atoms in total. The maximum absolute atomic E-state index is 5.41. The van der Waals surface area contributed by atoms with Gasteiger partial charge in [-0.2, -0.15) is 0 Å². The molecule has 0 aliphatic carbocycles. The number of benzene rings is 1. The van der Waals surface area contributed by atoms with Crippen molar-refractivity contribution in [2.24, 2.45) is 11.8 Å². The Morgan fingerprint density at radius 1 is 1.29 bits per heavy atom. The maximum atomic E-state index is 5.41. The van der Waals surface area contributed by atoms with E-state index in [2.05, 4.69) is 43.5 Å². The summed E-state index contributed by atoms with van der Waals surface area (Å²) in [7, 11) is 0. The van der Waals surface area contributed by atoms with E-state index in [1.165, 1.54) is 12.0 Å². The van der Waals surface area contributed by atoms with Gasteiger partial charge in [0, 0.05) is 12.5 Å². The van der Waals surface area contributed by atoms with Gasteiger partial charge in [0.15, 0.2) is 0 Å². The van der Waals surface area contributed by atoms with Crippen molar-refractivity contribution < 1.29 is 0 Å². The zero-order chi connectivity index (χ0) is 10.4. The van der Waals surface area contributed by atoms with Crippen molar-refractivity contribution in [2.45, 2.75) is 26.2 Å². The minimum atomic E-state index is 0.520. The lowest BCUT2D eigenvalue weighted by Crippen LogP contribution is -2.30. The summed E-state index contributed by atoms with van der Waals surface area (Å²) in [5.41, 5.74) is 4.16. The van der Waals surface area contributed by atoms with Crippen LogP contribution in [0.4, 0.5) is 0 Å². The van der Waals surface area contributed by atoms with Crippen LogP contribution in [0, 0.1) is 5.92 Å². The quantitative estimate of drug-likeness (QED) is 0.555. The molecule has 0 aromatic heterocycles. The molecular weight excluding hydrogens is 172 g/mol. The maximum Gasteiger partial charge on any atom is 0.0169 e. The molecule has 0 aliphatic rings. The van der Waals surface area contributed by atoms with Gasteiger partial charge in [-0.3, -0.25) is 11.3 Å². The third-order valence-corrected chi connectivity index (χ3v) is 2.90. The monoisotopic (exact) mass is 192 g/mol. The van der Waals surface area contributed by atoms with Gasteiger partial charge in [0.1, 0.15) is 0 Å². The van der Waals surface area contributed by atoms with Crippen molar-refractivity contribution in [1.29, 1.82) is 0 Å². The van der Waals surface area contributed by atoms with Gasteiger partial charge in [-0.25, -0.2) is 0 Å². The van der Waals surface area contributed by atoms with Gasteiger partial charge in [-0.15, -0.1) is 0 Å². The van der Waals surface area contributed by atoms with Crippen molar-refractivity contribution in [3.63, 3.8) is 0 Å². The summed E-state index contributed by atoms with van der Waals surface area (Å²) in [6, 6.07) is 10.6. The fraction of sp³-hybridized carbons (Fsp3) is 0.500. The van der Waals surface area contributed by atoms with Gasteiger partial charge in [0.2, 0.25) is 0 Å². The van der Waals surface area contributed by atoms with Crippen LogP contribution in [0.25, 0.3) is 0 Å². The molecule has 0 spiro atoms. The van der Waals surface area contributed by atoms with Crippen LogP contribution in [0.2, 0.25) is 0 Å². The molecule has 1 aromatic rings. The predicted octanol–water partition coefficient (Wildman–Crippen LogP) is 2.28. The largest absolute Gasteiger partial charge is 0.271 e. The van der Waals surface area contributed by atoms with Crippen LogP contribution in [-0.2, 0) is 0 Å². The lowest BCUT2D eigenvalue weighted by molar-refractivity contribution is 0.424. The first-order valence-corrected chi connectivity index (χ1v) is 5.28. The summed E-state index contributed by atoms with van der Waals surface area (Å²) in [5.74, 6) is 6.59. The van der Waals surface area contributed by atoms with Crippen molar-refractivity contribution in [3.05, 3.63) is 35.9 Å². The van der Waals surface area contributed by atoms with E-state index in [9.17, 15) is 0 Å². The van der Waals surface area contributed by atoms with Gasteiger partial charge >= 0.3 is 0 Å². The molecule has 14 heavy (non-hydrogen) atoms. The normalized spacial score (nSPS) is 15.1. The minimum absolute atomic E-state index is 0.520. The zero-order valence-corrected chi connectivity index (χ0v) is 9.03. The number of hydrazine groups is 1. The molecule has 2 atom stereocenters. The average Bonchev–Trinajstić information content (AvgIpc) is 2.26. The number of nitrogens with one attached hydrogen (secondary N) is 1. The fourth-order valence-corrected chi connectivity index (χ4v) is 1.76. The van der Waals surface area contributed by atoms with Crippen LogP contribution < -0.4 is 11.3 Å². The lowest BCUT2D eigenvalue weighted by Gasteiger charge is -2.22. The summed E-state index contributed by atoms with van der Waals surface area (Å²) >= 11 is 0. The van der Waals surface area contributed by atoms with E-state index >= 15 is 0 Å². The first kappa shape index (κ1) is 11.2. The molecule has 1 aromatic carbocycles. The summed E-state index contributed by atoms with van der Waals surface area (Å²) in [6.07, 6.45) is 1.18.